The minimum Gasteiger partial charge on any atom is -0.507 e. The molecule has 1 amide bonds. The zero-order valence-corrected chi connectivity index (χ0v) is 25.5. The van der Waals surface area contributed by atoms with E-state index in [1.807, 2.05) is 47.6 Å². The first kappa shape index (κ1) is 33.0. The Balaban J connectivity index is 2.58. The molecule has 0 radical (unpaired) electrons. The van der Waals surface area contributed by atoms with E-state index in [0.29, 0.717) is 16.7 Å². The van der Waals surface area contributed by atoms with Gasteiger partial charge >= 0.3 is 0 Å². The maximum Gasteiger partial charge on any atom is 0.254 e. The number of aliphatic hydroxyl groups excluding tert-OH is 2. The summed E-state index contributed by atoms with van der Waals surface area (Å²) in [5.41, 5.74) is 1.26. The summed E-state index contributed by atoms with van der Waals surface area (Å²) < 4.78 is 27.3. The number of rotatable bonds is 9. The summed E-state index contributed by atoms with van der Waals surface area (Å²) >= 11 is 0. The third-order valence-corrected chi connectivity index (χ3v) is 8.19. The highest BCUT2D eigenvalue weighted by Crippen LogP contribution is 2.40. The number of allylic oxidation sites excluding steroid dienone is 1. The lowest BCUT2D eigenvalue weighted by atomic mass is 9.78. The van der Waals surface area contributed by atoms with Crippen LogP contribution < -0.4 is 0 Å². The van der Waals surface area contributed by atoms with Crippen LogP contribution in [0.2, 0.25) is 0 Å². The van der Waals surface area contributed by atoms with Crippen molar-refractivity contribution in [3.8, 4) is 11.8 Å². The van der Waals surface area contributed by atoms with Crippen molar-refractivity contribution in [3.05, 3.63) is 63.6 Å². The third kappa shape index (κ3) is 8.17. The standard InChI is InChI=1S/C31H42N2O6S/c1-20(34)18-33(19-21(2)35)29(37)23-9-11-24(12-10-23)40(38,39)25(13-14-32)15-22-16-26(30(3,4)5)28(36)27(17-22)31(6,7)8/h9-12,15-17,20-21,34-36H,13,18-19H2,1-8H3/b25-15+. The maximum atomic E-state index is 13.6. The first-order chi connectivity index (χ1) is 18.3. The number of sulfone groups is 1. The van der Waals surface area contributed by atoms with Gasteiger partial charge in [0.25, 0.3) is 5.91 Å². The Morgan fingerprint density at radius 1 is 0.950 bits per heavy atom. The van der Waals surface area contributed by atoms with Gasteiger partial charge in [-0.25, -0.2) is 8.42 Å². The molecule has 0 heterocycles. The molecule has 40 heavy (non-hydrogen) atoms. The molecule has 0 spiro atoms. The summed E-state index contributed by atoms with van der Waals surface area (Å²) in [4.78, 5) is 14.1. The van der Waals surface area contributed by atoms with E-state index >= 15 is 0 Å². The predicted octanol–water partition coefficient (Wildman–Crippen LogP) is 4.92. The lowest BCUT2D eigenvalue weighted by molar-refractivity contribution is 0.0518. The van der Waals surface area contributed by atoms with Crippen LogP contribution >= 0.6 is 0 Å². The van der Waals surface area contributed by atoms with Crippen molar-refractivity contribution < 1.29 is 28.5 Å². The average molecular weight is 571 g/mol. The summed E-state index contributed by atoms with van der Waals surface area (Å²) in [7, 11) is -4.10. The van der Waals surface area contributed by atoms with Crippen molar-refractivity contribution in [2.24, 2.45) is 0 Å². The van der Waals surface area contributed by atoms with Crippen LogP contribution in [0, 0.1) is 11.3 Å². The largest absolute Gasteiger partial charge is 0.507 e. The molecule has 3 N–H and O–H groups in total. The minimum atomic E-state index is -4.10. The Kier molecular flexibility index (Phi) is 10.4. The van der Waals surface area contributed by atoms with E-state index in [1.54, 1.807) is 12.1 Å². The van der Waals surface area contributed by atoms with Crippen LogP contribution in [0.1, 0.15) is 88.9 Å². The number of hydrogen-bond donors (Lipinski definition) is 3. The molecule has 0 aliphatic heterocycles. The summed E-state index contributed by atoms with van der Waals surface area (Å²) in [6.45, 7) is 14.8. The van der Waals surface area contributed by atoms with Crippen LogP contribution in [-0.4, -0.2) is 59.8 Å². The molecule has 218 valence electrons. The number of nitrogens with zero attached hydrogens (tertiary/aromatic N) is 2. The Labute approximate surface area is 238 Å². The number of carbonyl (C=O) groups is 1. The van der Waals surface area contributed by atoms with Gasteiger partial charge in [-0.3, -0.25) is 4.79 Å². The van der Waals surface area contributed by atoms with Gasteiger partial charge in [0, 0.05) is 29.8 Å². The van der Waals surface area contributed by atoms with E-state index in [0.717, 1.165) is 0 Å². The molecule has 2 rings (SSSR count). The van der Waals surface area contributed by atoms with Crippen LogP contribution in [0.5, 0.6) is 5.75 Å². The average Bonchev–Trinajstić information content (AvgIpc) is 2.81. The van der Waals surface area contributed by atoms with Crippen molar-refractivity contribution in [2.75, 3.05) is 13.1 Å². The zero-order chi connectivity index (χ0) is 30.6. The van der Waals surface area contributed by atoms with Gasteiger partial charge in [0.1, 0.15) is 5.75 Å². The van der Waals surface area contributed by atoms with Gasteiger partial charge in [0.15, 0.2) is 0 Å². The highest BCUT2D eigenvalue weighted by Gasteiger charge is 2.28. The highest BCUT2D eigenvalue weighted by molar-refractivity contribution is 7.95. The number of nitriles is 1. The van der Waals surface area contributed by atoms with Crippen LogP contribution in [0.4, 0.5) is 0 Å². The lowest BCUT2D eigenvalue weighted by Gasteiger charge is -2.28. The smallest absolute Gasteiger partial charge is 0.254 e. The van der Waals surface area contributed by atoms with E-state index in [2.05, 4.69) is 0 Å². The number of hydrogen-bond acceptors (Lipinski definition) is 7. The molecule has 0 saturated heterocycles. The fourth-order valence-corrected chi connectivity index (χ4v) is 5.70. The van der Waals surface area contributed by atoms with E-state index in [4.69, 9.17) is 0 Å². The first-order valence-electron chi connectivity index (χ1n) is 13.2. The van der Waals surface area contributed by atoms with Gasteiger partial charge in [-0.05, 0) is 72.7 Å². The Morgan fingerprint density at radius 3 is 1.77 bits per heavy atom. The second-order valence-electron chi connectivity index (χ2n) is 12.3. The summed E-state index contributed by atoms with van der Waals surface area (Å²) in [5, 5.41) is 40.0. The van der Waals surface area contributed by atoms with Crippen molar-refractivity contribution in [3.63, 3.8) is 0 Å². The molecule has 8 nitrogen and oxygen atoms in total. The summed E-state index contributed by atoms with van der Waals surface area (Å²) in [5.74, 6) is -0.283. The molecule has 0 aromatic heterocycles. The van der Waals surface area contributed by atoms with Crippen LogP contribution in [0.15, 0.2) is 46.2 Å². The normalized spacial score (nSPS) is 14.4. The van der Waals surface area contributed by atoms with Gasteiger partial charge in [0.05, 0.1) is 34.5 Å². The van der Waals surface area contributed by atoms with Crippen LogP contribution in [0.25, 0.3) is 6.08 Å². The molecule has 2 aromatic rings. The van der Waals surface area contributed by atoms with E-state index in [9.17, 15) is 33.8 Å². The van der Waals surface area contributed by atoms with Crippen LogP contribution in [0.3, 0.4) is 0 Å². The Hall–Kier alpha value is -3.19. The number of phenolic OH excluding ortho intramolecular Hbond substituents is 1. The summed E-state index contributed by atoms with van der Waals surface area (Å²) in [6.07, 6.45) is -0.512. The van der Waals surface area contributed by atoms with Gasteiger partial charge in [0.2, 0.25) is 9.84 Å². The molecular formula is C31H42N2O6S. The first-order valence-corrected chi connectivity index (χ1v) is 14.7. The van der Waals surface area contributed by atoms with Crippen molar-refractivity contribution in [2.45, 2.75) is 89.7 Å². The maximum absolute atomic E-state index is 13.6. The van der Waals surface area contributed by atoms with E-state index in [-0.39, 0.29) is 40.6 Å². The predicted molar refractivity (Wildman–Crippen MR) is 157 cm³/mol. The fraction of sp³-hybridized carbons (Fsp3) is 0.484. The molecule has 9 heteroatoms. The minimum absolute atomic E-state index is 0.0125. The third-order valence-electron chi connectivity index (χ3n) is 6.34. The Bertz CT molecular complexity index is 1340. The highest BCUT2D eigenvalue weighted by atomic mass is 32.2. The number of aliphatic hydroxyl groups is 2. The molecule has 2 unspecified atom stereocenters. The fourth-order valence-electron chi connectivity index (χ4n) is 4.36. The quantitative estimate of drug-likeness (QED) is 0.389. The second kappa shape index (κ2) is 12.5. The van der Waals surface area contributed by atoms with Crippen LogP contribution in [-0.2, 0) is 20.7 Å². The van der Waals surface area contributed by atoms with Gasteiger partial charge < -0.3 is 20.2 Å². The number of carbonyl (C=O) groups excluding carboxylic acids is 1. The van der Waals surface area contributed by atoms with E-state index < -0.39 is 38.8 Å². The molecule has 0 saturated carbocycles. The Morgan fingerprint density at radius 2 is 1.40 bits per heavy atom. The molecule has 0 aliphatic rings. The number of benzene rings is 2. The monoisotopic (exact) mass is 570 g/mol. The number of aromatic hydroxyl groups is 1. The lowest BCUT2D eigenvalue weighted by Crippen LogP contribution is -2.40. The number of phenols is 1. The summed E-state index contributed by atoms with van der Waals surface area (Å²) in [6, 6.07) is 10.8. The molecule has 2 aromatic carbocycles. The second-order valence-corrected chi connectivity index (χ2v) is 14.3. The molecule has 0 aliphatic carbocycles. The van der Waals surface area contributed by atoms with E-state index in [1.165, 1.54) is 49.1 Å². The number of amides is 1. The SMILES string of the molecule is CC(O)CN(CC(C)O)C(=O)c1ccc(S(=O)(=O)/C(=C/c2cc(C(C)(C)C)c(O)c(C(C)(C)C)c2)CC#N)cc1. The van der Waals surface area contributed by atoms with Crippen molar-refractivity contribution >= 4 is 21.8 Å². The molecular weight excluding hydrogens is 528 g/mol. The molecule has 2 atom stereocenters. The molecule has 0 fully saturated rings. The van der Waals surface area contributed by atoms with Gasteiger partial charge in [-0.2, -0.15) is 5.26 Å². The molecule has 0 bridgehead atoms. The van der Waals surface area contributed by atoms with Gasteiger partial charge in [-0.1, -0.05) is 41.5 Å². The van der Waals surface area contributed by atoms with Gasteiger partial charge in [-0.15, -0.1) is 0 Å². The zero-order valence-electron chi connectivity index (χ0n) is 24.7. The topological polar surface area (TPSA) is 139 Å². The van der Waals surface area contributed by atoms with Crippen molar-refractivity contribution in [1.82, 2.24) is 4.90 Å². The van der Waals surface area contributed by atoms with Crippen molar-refractivity contribution in [1.29, 1.82) is 5.26 Å².